The normalized spacial score (nSPS) is 15.8. The third-order valence-corrected chi connectivity index (χ3v) is 5.19. The molecule has 9 heteroatoms. The van der Waals surface area contributed by atoms with Gasteiger partial charge in [-0.25, -0.2) is 18.4 Å². The van der Waals surface area contributed by atoms with Crippen molar-refractivity contribution in [3.63, 3.8) is 0 Å². The van der Waals surface area contributed by atoms with Gasteiger partial charge in [-0.1, -0.05) is 34.8 Å². The molecular weight excluding hydrogens is 349 g/mol. The number of ether oxygens (including phenoxy) is 1. The molecule has 2 rings (SSSR count). The maximum absolute atomic E-state index is 12.0. The van der Waals surface area contributed by atoms with Crippen LogP contribution >= 0.6 is 34.8 Å². The highest BCUT2D eigenvalue weighted by Gasteiger charge is 2.29. The lowest BCUT2D eigenvalue weighted by molar-refractivity contribution is 0.00902. The molecule has 2 N–H and O–H groups in total. The molecule has 0 spiro atoms. The number of primary sulfonamides is 1. The first-order chi connectivity index (χ1) is 9.21. The Balaban J connectivity index is 2.50. The number of rotatable bonds is 3. The van der Waals surface area contributed by atoms with Crippen LogP contribution in [0.15, 0.2) is 11.0 Å². The number of benzene rings is 1. The van der Waals surface area contributed by atoms with Gasteiger partial charge >= 0.3 is 5.97 Å². The van der Waals surface area contributed by atoms with Crippen LogP contribution in [-0.4, -0.2) is 20.5 Å². The summed E-state index contributed by atoms with van der Waals surface area (Å²) < 4.78 is 28.0. The Bertz CT molecular complexity index is 671. The Kier molecular flexibility index (Phi) is 4.51. The van der Waals surface area contributed by atoms with Gasteiger partial charge in [0, 0.05) is 0 Å². The van der Waals surface area contributed by atoms with E-state index >= 15 is 0 Å². The zero-order valence-corrected chi connectivity index (χ0v) is 13.1. The summed E-state index contributed by atoms with van der Waals surface area (Å²) in [7, 11) is -4.13. The topological polar surface area (TPSA) is 86.5 Å². The molecule has 0 aliphatic heterocycles. The van der Waals surface area contributed by atoms with E-state index in [4.69, 9.17) is 44.7 Å². The van der Waals surface area contributed by atoms with E-state index < -0.39 is 20.9 Å². The molecule has 20 heavy (non-hydrogen) atoms. The SMILES string of the molecule is NS(=O)(=O)c1cc(Cl)c(Cl)c(C(=O)OC2CCC2)c1Cl. The first-order valence-corrected chi connectivity index (χ1v) is 8.31. The molecule has 0 amide bonds. The van der Waals surface area contributed by atoms with Gasteiger partial charge in [0.15, 0.2) is 0 Å². The molecule has 1 aliphatic carbocycles. The van der Waals surface area contributed by atoms with E-state index in [-0.39, 0.29) is 26.7 Å². The molecule has 0 unspecified atom stereocenters. The minimum atomic E-state index is -4.13. The predicted molar refractivity (Wildman–Crippen MR) is 75.9 cm³/mol. The number of hydrogen-bond acceptors (Lipinski definition) is 4. The van der Waals surface area contributed by atoms with Crippen molar-refractivity contribution in [2.45, 2.75) is 30.3 Å². The molecule has 0 radical (unpaired) electrons. The second-order valence-electron chi connectivity index (χ2n) is 4.36. The van der Waals surface area contributed by atoms with Crippen LogP contribution < -0.4 is 5.14 Å². The lowest BCUT2D eigenvalue weighted by Gasteiger charge is -2.25. The van der Waals surface area contributed by atoms with E-state index in [0.717, 1.165) is 25.3 Å². The zero-order valence-electron chi connectivity index (χ0n) is 10.0. The Labute approximate surface area is 131 Å². The van der Waals surface area contributed by atoms with Gasteiger partial charge < -0.3 is 4.74 Å². The lowest BCUT2D eigenvalue weighted by atomic mass is 9.96. The number of esters is 1. The summed E-state index contributed by atoms with van der Waals surface area (Å²) in [6, 6.07) is 1.00. The van der Waals surface area contributed by atoms with E-state index in [9.17, 15) is 13.2 Å². The van der Waals surface area contributed by atoms with Crippen molar-refractivity contribution in [3.8, 4) is 0 Å². The Morgan fingerprint density at radius 3 is 2.30 bits per heavy atom. The number of sulfonamides is 1. The highest BCUT2D eigenvalue weighted by molar-refractivity contribution is 7.89. The van der Waals surface area contributed by atoms with Crippen LogP contribution in [0.4, 0.5) is 0 Å². The Morgan fingerprint density at radius 2 is 1.85 bits per heavy atom. The van der Waals surface area contributed by atoms with Crippen molar-refractivity contribution in [1.82, 2.24) is 0 Å². The quantitative estimate of drug-likeness (QED) is 0.664. The molecule has 1 aromatic carbocycles. The second-order valence-corrected chi connectivity index (χ2v) is 7.06. The van der Waals surface area contributed by atoms with Gasteiger partial charge in [-0.3, -0.25) is 0 Å². The predicted octanol–water partition coefficient (Wildman–Crippen LogP) is 3.00. The highest BCUT2D eigenvalue weighted by atomic mass is 35.5. The van der Waals surface area contributed by atoms with Crippen LogP contribution in [0.5, 0.6) is 0 Å². The smallest absolute Gasteiger partial charge is 0.341 e. The standard InChI is InChI=1S/C11H10Cl3NO4S/c12-6-4-7(20(15,17)18)10(14)8(9(6)13)11(16)19-5-2-1-3-5/h4-5H,1-3H2,(H2,15,17,18). The number of carbonyl (C=O) groups is 1. The maximum atomic E-state index is 12.0. The number of halogens is 3. The molecule has 1 fully saturated rings. The summed E-state index contributed by atoms with van der Waals surface area (Å²) in [6.45, 7) is 0. The van der Waals surface area contributed by atoms with Crippen LogP contribution in [0, 0.1) is 0 Å². The monoisotopic (exact) mass is 357 g/mol. The minimum absolute atomic E-state index is 0.138. The molecule has 0 saturated heterocycles. The molecule has 5 nitrogen and oxygen atoms in total. The zero-order chi connectivity index (χ0) is 15.1. The number of hydrogen-bond donors (Lipinski definition) is 1. The Hall–Kier alpha value is -0.530. The molecule has 0 heterocycles. The molecule has 0 aromatic heterocycles. The van der Waals surface area contributed by atoms with Gasteiger partial charge in [0.1, 0.15) is 11.0 Å². The van der Waals surface area contributed by atoms with Gasteiger partial charge in [0.25, 0.3) is 0 Å². The molecule has 0 bridgehead atoms. The van der Waals surface area contributed by atoms with Crippen LogP contribution in [0.1, 0.15) is 29.6 Å². The third kappa shape index (κ3) is 3.04. The average Bonchev–Trinajstić information content (AvgIpc) is 2.27. The van der Waals surface area contributed by atoms with Crippen molar-refractivity contribution >= 4 is 50.8 Å². The summed E-state index contributed by atoms with van der Waals surface area (Å²) >= 11 is 17.6. The summed E-state index contributed by atoms with van der Waals surface area (Å²) in [4.78, 5) is 11.6. The summed E-state index contributed by atoms with van der Waals surface area (Å²) in [5, 5.41) is 4.34. The van der Waals surface area contributed by atoms with E-state index in [0.29, 0.717) is 0 Å². The van der Waals surface area contributed by atoms with Gasteiger partial charge in [-0.05, 0) is 25.3 Å². The summed E-state index contributed by atoms with van der Waals surface area (Å²) in [5.41, 5.74) is -0.281. The molecule has 0 atom stereocenters. The van der Waals surface area contributed by atoms with Crippen molar-refractivity contribution in [1.29, 1.82) is 0 Å². The van der Waals surface area contributed by atoms with Gasteiger partial charge in [0.05, 0.1) is 20.6 Å². The fourth-order valence-electron chi connectivity index (χ4n) is 1.67. The third-order valence-electron chi connectivity index (χ3n) is 2.96. The molecule has 1 aromatic rings. The fourth-order valence-corrected chi connectivity index (χ4v) is 3.39. The molecule has 1 saturated carbocycles. The van der Waals surface area contributed by atoms with E-state index in [1.165, 1.54) is 0 Å². The van der Waals surface area contributed by atoms with Crippen molar-refractivity contribution < 1.29 is 17.9 Å². The van der Waals surface area contributed by atoms with Crippen LogP contribution in [0.25, 0.3) is 0 Å². The summed E-state index contributed by atoms with van der Waals surface area (Å²) in [6.07, 6.45) is 2.27. The van der Waals surface area contributed by atoms with Gasteiger partial charge in [0.2, 0.25) is 10.0 Å². The van der Waals surface area contributed by atoms with E-state index in [2.05, 4.69) is 0 Å². The van der Waals surface area contributed by atoms with Crippen molar-refractivity contribution in [2.24, 2.45) is 5.14 Å². The lowest BCUT2D eigenvalue weighted by Crippen LogP contribution is -2.25. The highest BCUT2D eigenvalue weighted by Crippen LogP contribution is 2.37. The maximum Gasteiger partial charge on any atom is 0.341 e. The van der Waals surface area contributed by atoms with Crippen molar-refractivity contribution in [3.05, 3.63) is 26.7 Å². The van der Waals surface area contributed by atoms with Gasteiger partial charge in [-0.2, -0.15) is 0 Å². The van der Waals surface area contributed by atoms with E-state index in [1.807, 2.05) is 0 Å². The molecule has 1 aliphatic rings. The van der Waals surface area contributed by atoms with Crippen LogP contribution in [0.3, 0.4) is 0 Å². The minimum Gasteiger partial charge on any atom is -0.459 e. The number of carbonyl (C=O) groups excluding carboxylic acids is 1. The molecule has 110 valence electrons. The van der Waals surface area contributed by atoms with Crippen LogP contribution in [-0.2, 0) is 14.8 Å². The largest absolute Gasteiger partial charge is 0.459 e. The van der Waals surface area contributed by atoms with Crippen molar-refractivity contribution in [2.75, 3.05) is 0 Å². The number of nitrogens with two attached hydrogens (primary N) is 1. The van der Waals surface area contributed by atoms with E-state index in [1.54, 1.807) is 0 Å². The van der Waals surface area contributed by atoms with Gasteiger partial charge in [-0.15, -0.1) is 0 Å². The Morgan fingerprint density at radius 1 is 1.25 bits per heavy atom. The molecular formula is C11H10Cl3NO4S. The first kappa shape index (κ1) is 15.9. The average molecular weight is 359 g/mol. The summed E-state index contributed by atoms with van der Waals surface area (Å²) in [5.74, 6) is -0.808. The van der Waals surface area contributed by atoms with Crippen LogP contribution in [0.2, 0.25) is 15.1 Å². The second kappa shape index (κ2) is 5.69. The first-order valence-electron chi connectivity index (χ1n) is 5.63. The fraction of sp³-hybridized carbons (Fsp3) is 0.364.